The van der Waals surface area contributed by atoms with Gasteiger partial charge in [-0.1, -0.05) is 12.1 Å². The van der Waals surface area contributed by atoms with Crippen molar-refractivity contribution in [2.75, 3.05) is 18.2 Å². The number of anilines is 2. The summed E-state index contributed by atoms with van der Waals surface area (Å²) in [5.41, 5.74) is 10.4. The van der Waals surface area contributed by atoms with Crippen LogP contribution in [-0.2, 0) is 12.8 Å². The lowest BCUT2D eigenvalue weighted by Crippen LogP contribution is -2.15. The highest BCUT2D eigenvalue weighted by molar-refractivity contribution is 6.05. The Balaban J connectivity index is 1.84. The van der Waals surface area contributed by atoms with Crippen LogP contribution in [0.3, 0.4) is 0 Å². The summed E-state index contributed by atoms with van der Waals surface area (Å²) in [6, 6.07) is 11.2. The minimum atomic E-state index is -0.145. The van der Waals surface area contributed by atoms with Gasteiger partial charge in [-0.15, -0.1) is 0 Å². The fraction of sp³-hybridized carbons (Fsp3) is 0.278. The number of nitrogens with one attached hydrogen (secondary N) is 1. The summed E-state index contributed by atoms with van der Waals surface area (Å²) in [6.07, 6.45) is 4.51. The minimum Gasteiger partial charge on any atom is -0.495 e. The van der Waals surface area contributed by atoms with Crippen LogP contribution in [0, 0.1) is 0 Å². The van der Waals surface area contributed by atoms with E-state index in [1.165, 1.54) is 24.0 Å². The molecule has 0 heterocycles. The molecule has 1 amide bonds. The molecule has 22 heavy (non-hydrogen) atoms. The average molecular weight is 296 g/mol. The normalized spacial score (nSPS) is 13.3. The van der Waals surface area contributed by atoms with E-state index in [1.54, 1.807) is 25.3 Å². The molecule has 0 fully saturated rings. The standard InChI is InChI=1S/C18H20N2O2/c1-22-17-10-9-13(11-15(17)19)18(21)20-16-8-4-6-12-5-2-3-7-14(12)16/h4,6,8-11H,2-3,5,7,19H2,1H3,(H,20,21). The average Bonchev–Trinajstić information content (AvgIpc) is 2.55. The lowest BCUT2D eigenvalue weighted by molar-refractivity contribution is 0.102. The molecule has 0 unspecified atom stereocenters. The van der Waals surface area contributed by atoms with E-state index in [2.05, 4.69) is 11.4 Å². The second-order valence-electron chi connectivity index (χ2n) is 5.56. The van der Waals surface area contributed by atoms with Crippen LogP contribution in [0.2, 0.25) is 0 Å². The highest BCUT2D eigenvalue weighted by atomic mass is 16.5. The first-order valence-corrected chi connectivity index (χ1v) is 7.54. The van der Waals surface area contributed by atoms with E-state index in [0.29, 0.717) is 17.0 Å². The number of carbonyl (C=O) groups excluding carboxylic acids is 1. The second-order valence-corrected chi connectivity index (χ2v) is 5.56. The van der Waals surface area contributed by atoms with Crippen LogP contribution in [0.5, 0.6) is 5.75 Å². The van der Waals surface area contributed by atoms with Gasteiger partial charge >= 0.3 is 0 Å². The molecule has 1 aliphatic rings. The Bertz CT molecular complexity index is 710. The predicted molar refractivity (Wildman–Crippen MR) is 88.4 cm³/mol. The van der Waals surface area contributed by atoms with Crippen molar-refractivity contribution in [2.45, 2.75) is 25.7 Å². The molecule has 0 aromatic heterocycles. The first kappa shape index (κ1) is 14.4. The Morgan fingerprint density at radius 3 is 2.77 bits per heavy atom. The molecule has 1 aliphatic carbocycles. The molecular weight excluding hydrogens is 276 g/mol. The second kappa shape index (κ2) is 6.10. The van der Waals surface area contributed by atoms with E-state index in [0.717, 1.165) is 18.5 Å². The molecule has 2 aromatic carbocycles. The number of aryl methyl sites for hydroxylation is 1. The smallest absolute Gasteiger partial charge is 0.255 e. The minimum absolute atomic E-state index is 0.145. The van der Waals surface area contributed by atoms with E-state index in [-0.39, 0.29) is 5.91 Å². The third-order valence-corrected chi connectivity index (χ3v) is 4.14. The summed E-state index contributed by atoms with van der Waals surface area (Å²) in [6.45, 7) is 0. The molecule has 2 aromatic rings. The van der Waals surface area contributed by atoms with Gasteiger partial charge < -0.3 is 15.8 Å². The first-order valence-electron chi connectivity index (χ1n) is 7.54. The van der Waals surface area contributed by atoms with Crippen LogP contribution in [-0.4, -0.2) is 13.0 Å². The van der Waals surface area contributed by atoms with Crippen molar-refractivity contribution >= 4 is 17.3 Å². The zero-order valence-electron chi connectivity index (χ0n) is 12.7. The fourth-order valence-electron chi connectivity index (χ4n) is 2.97. The number of nitrogen functional groups attached to an aromatic ring is 1. The third-order valence-electron chi connectivity index (χ3n) is 4.14. The molecule has 0 radical (unpaired) electrons. The van der Waals surface area contributed by atoms with Gasteiger partial charge in [-0.05, 0) is 61.1 Å². The van der Waals surface area contributed by atoms with E-state index < -0.39 is 0 Å². The molecular formula is C18H20N2O2. The van der Waals surface area contributed by atoms with Gasteiger partial charge in [-0.25, -0.2) is 0 Å². The molecule has 0 bridgehead atoms. The van der Waals surface area contributed by atoms with Gasteiger partial charge in [0.05, 0.1) is 12.8 Å². The molecule has 114 valence electrons. The lowest BCUT2D eigenvalue weighted by Gasteiger charge is -2.19. The SMILES string of the molecule is COc1ccc(C(=O)Nc2cccc3c2CCCC3)cc1N. The van der Waals surface area contributed by atoms with Crippen molar-refractivity contribution < 1.29 is 9.53 Å². The van der Waals surface area contributed by atoms with Crippen LogP contribution in [0.1, 0.15) is 34.3 Å². The zero-order valence-corrected chi connectivity index (χ0v) is 12.7. The van der Waals surface area contributed by atoms with Gasteiger partial charge in [0.15, 0.2) is 0 Å². The Morgan fingerprint density at radius 1 is 1.18 bits per heavy atom. The molecule has 0 atom stereocenters. The van der Waals surface area contributed by atoms with Crippen molar-refractivity contribution in [1.82, 2.24) is 0 Å². The molecule has 4 heteroatoms. The molecule has 0 aliphatic heterocycles. The summed E-state index contributed by atoms with van der Waals surface area (Å²) in [4.78, 5) is 12.4. The number of rotatable bonds is 3. The maximum absolute atomic E-state index is 12.4. The molecule has 3 rings (SSSR count). The Kier molecular flexibility index (Phi) is 4.00. The monoisotopic (exact) mass is 296 g/mol. The van der Waals surface area contributed by atoms with Crippen LogP contribution in [0.25, 0.3) is 0 Å². The summed E-state index contributed by atoms with van der Waals surface area (Å²) < 4.78 is 5.12. The maximum atomic E-state index is 12.4. The highest BCUT2D eigenvalue weighted by Crippen LogP contribution is 2.28. The number of fused-ring (bicyclic) bond motifs is 1. The van der Waals surface area contributed by atoms with Gasteiger partial charge in [0.25, 0.3) is 5.91 Å². The first-order chi connectivity index (χ1) is 10.7. The number of nitrogens with two attached hydrogens (primary N) is 1. The van der Waals surface area contributed by atoms with E-state index in [4.69, 9.17) is 10.5 Å². The van der Waals surface area contributed by atoms with E-state index >= 15 is 0 Å². The van der Waals surface area contributed by atoms with Gasteiger partial charge in [0.2, 0.25) is 0 Å². The van der Waals surface area contributed by atoms with Crippen LogP contribution < -0.4 is 15.8 Å². The fourth-order valence-corrected chi connectivity index (χ4v) is 2.97. The summed E-state index contributed by atoms with van der Waals surface area (Å²) in [7, 11) is 1.56. The quantitative estimate of drug-likeness (QED) is 0.853. The Morgan fingerprint density at radius 2 is 2.00 bits per heavy atom. The number of carbonyl (C=O) groups is 1. The number of hydrogen-bond donors (Lipinski definition) is 2. The number of benzene rings is 2. The zero-order chi connectivity index (χ0) is 15.5. The van der Waals surface area contributed by atoms with Crippen molar-refractivity contribution in [1.29, 1.82) is 0 Å². The topological polar surface area (TPSA) is 64.3 Å². The molecule has 0 saturated carbocycles. The van der Waals surface area contributed by atoms with Gasteiger partial charge in [-0.2, -0.15) is 0 Å². The van der Waals surface area contributed by atoms with E-state index in [1.807, 2.05) is 12.1 Å². The van der Waals surface area contributed by atoms with Crippen molar-refractivity contribution in [3.05, 3.63) is 53.1 Å². The maximum Gasteiger partial charge on any atom is 0.255 e. The number of hydrogen-bond acceptors (Lipinski definition) is 3. The van der Waals surface area contributed by atoms with Crippen LogP contribution >= 0.6 is 0 Å². The predicted octanol–water partition coefficient (Wildman–Crippen LogP) is 3.41. The molecule has 0 saturated heterocycles. The Labute approximate surface area is 130 Å². The molecule has 3 N–H and O–H groups in total. The molecule has 4 nitrogen and oxygen atoms in total. The van der Waals surface area contributed by atoms with Gasteiger partial charge in [0, 0.05) is 11.3 Å². The molecule has 0 spiro atoms. The summed E-state index contributed by atoms with van der Waals surface area (Å²) in [5.74, 6) is 0.432. The van der Waals surface area contributed by atoms with Gasteiger partial charge in [-0.3, -0.25) is 4.79 Å². The van der Waals surface area contributed by atoms with Crippen LogP contribution in [0.4, 0.5) is 11.4 Å². The number of methoxy groups -OCH3 is 1. The largest absolute Gasteiger partial charge is 0.495 e. The van der Waals surface area contributed by atoms with Crippen molar-refractivity contribution in [3.8, 4) is 5.75 Å². The van der Waals surface area contributed by atoms with Crippen LogP contribution in [0.15, 0.2) is 36.4 Å². The van der Waals surface area contributed by atoms with Gasteiger partial charge in [0.1, 0.15) is 5.75 Å². The van der Waals surface area contributed by atoms with E-state index in [9.17, 15) is 4.79 Å². The lowest BCUT2D eigenvalue weighted by atomic mass is 9.90. The Hall–Kier alpha value is -2.49. The highest BCUT2D eigenvalue weighted by Gasteiger charge is 2.15. The van der Waals surface area contributed by atoms with Crippen molar-refractivity contribution in [3.63, 3.8) is 0 Å². The number of ether oxygens (including phenoxy) is 1. The third kappa shape index (κ3) is 2.77. The summed E-state index contributed by atoms with van der Waals surface area (Å²) >= 11 is 0. The summed E-state index contributed by atoms with van der Waals surface area (Å²) in [5, 5.41) is 3.02. The van der Waals surface area contributed by atoms with Crippen molar-refractivity contribution in [2.24, 2.45) is 0 Å². The number of amides is 1.